The van der Waals surface area contributed by atoms with E-state index in [0.717, 1.165) is 12.0 Å². The van der Waals surface area contributed by atoms with Crippen LogP contribution in [0.4, 0.5) is 5.69 Å². The van der Waals surface area contributed by atoms with Crippen LogP contribution < -0.4 is 14.8 Å². The highest BCUT2D eigenvalue weighted by atomic mass is 35.5. The molecular formula is C10H10ClNO3. The monoisotopic (exact) mass is 227 g/mol. The number of hydrogen-bond acceptors (Lipinski definition) is 4. The predicted octanol–water partition coefficient (Wildman–Crippen LogP) is 1.72. The third kappa shape index (κ3) is 1.85. The van der Waals surface area contributed by atoms with E-state index in [-0.39, 0.29) is 0 Å². The Kier molecular flexibility index (Phi) is 2.68. The number of benzene rings is 1. The van der Waals surface area contributed by atoms with E-state index >= 15 is 0 Å². The lowest BCUT2D eigenvalue weighted by atomic mass is 10.2. The molecule has 0 radical (unpaired) electrons. The van der Waals surface area contributed by atoms with Crippen LogP contribution in [0.25, 0.3) is 0 Å². The number of aldehydes is 1. The fourth-order valence-corrected chi connectivity index (χ4v) is 1.66. The van der Waals surface area contributed by atoms with Gasteiger partial charge in [-0.2, -0.15) is 0 Å². The predicted molar refractivity (Wildman–Crippen MR) is 57.0 cm³/mol. The second-order valence-corrected chi connectivity index (χ2v) is 3.56. The van der Waals surface area contributed by atoms with Gasteiger partial charge in [0.25, 0.3) is 0 Å². The highest BCUT2D eigenvalue weighted by molar-refractivity contribution is 6.32. The molecule has 0 amide bonds. The minimum atomic E-state index is -0.455. The minimum Gasteiger partial charge on any atom is -0.495 e. The molecular weight excluding hydrogens is 218 g/mol. The minimum absolute atomic E-state index is 0.455. The number of ether oxygens (including phenoxy) is 2. The van der Waals surface area contributed by atoms with Crippen LogP contribution in [0.15, 0.2) is 12.1 Å². The van der Waals surface area contributed by atoms with Crippen molar-refractivity contribution >= 4 is 23.6 Å². The fourth-order valence-electron chi connectivity index (χ4n) is 1.42. The summed E-state index contributed by atoms with van der Waals surface area (Å²) < 4.78 is 10.5. The van der Waals surface area contributed by atoms with Crippen molar-refractivity contribution in [2.45, 2.75) is 6.10 Å². The molecule has 0 spiro atoms. The summed E-state index contributed by atoms with van der Waals surface area (Å²) >= 11 is 5.94. The normalized spacial score (nSPS) is 18.4. The van der Waals surface area contributed by atoms with E-state index in [0.29, 0.717) is 23.1 Å². The lowest BCUT2D eigenvalue weighted by Crippen LogP contribution is -2.31. The lowest BCUT2D eigenvalue weighted by molar-refractivity contribution is -0.113. The summed E-state index contributed by atoms with van der Waals surface area (Å²) in [6.45, 7) is 0.457. The second kappa shape index (κ2) is 3.98. The van der Waals surface area contributed by atoms with Crippen LogP contribution in [0.5, 0.6) is 11.5 Å². The van der Waals surface area contributed by atoms with Gasteiger partial charge in [0.15, 0.2) is 12.4 Å². The van der Waals surface area contributed by atoms with E-state index in [9.17, 15) is 4.79 Å². The molecule has 1 aromatic carbocycles. The summed E-state index contributed by atoms with van der Waals surface area (Å²) in [4.78, 5) is 10.6. The standard InChI is InChI=1S/C10H10ClNO3/c1-14-9-3-10-8(2-7(9)11)12-4-6(5-13)15-10/h2-3,5-6,12H,4H2,1H3. The Morgan fingerprint density at radius 1 is 1.67 bits per heavy atom. The van der Waals surface area contributed by atoms with Crippen LogP contribution in [-0.2, 0) is 4.79 Å². The molecule has 1 aliphatic rings. The first-order chi connectivity index (χ1) is 7.24. The van der Waals surface area contributed by atoms with Crippen molar-refractivity contribution < 1.29 is 14.3 Å². The molecule has 0 fully saturated rings. The molecule has 0 aromatic heterocycles. The molecule has 1 unspecified atom stereocenters. The Balaban J connectivity index is 2.37. The average molecular weight is 228 g/mol. The number of anilines is 1. The van der Waals surface area contributed by atoms with E-state index in [4.69, 9.17) is 21.1 Å². The Labute approximate surface area is 92.1 Å². The molecule has 1 atom stereocenters. The van der Waals surface area contributed by atoms with E-state index < -0.39 is 6.10 Å². The summed E-state index contributed by atoms with van der Waals surface area (Å²) in [5, 5.41) is 3.57. The van der Waals surface area contributed by atoms with Gasteiger partial charge in [-0.05, 0) is 6.07 Å². The van der Waals surface area contributed by atoms with Gasteiger partial charge in [-0.3, -0.25) is 4.79 Å². The number of hydrogen-bond donors (Lipinski definition) is 1. The lowest BCUT2D eigenvalue weighted by Gasteiger charge is -2.24. The topological polar surface area (TPSA) is 47.6 Å². The zero-order valence-electron chi connectivity index (χ0n) is 8.12. The summed E-state index contributed by atoms with van der Waals surface area (Å²) in [5.74, 6) is 1.11. The molecule has 0 bridgehead atoms. The molecule has 0 saturated heterocycles. The van der Waals surface area contributed by atoms with Gasteiger partial charge >= 0.3 is 0 Å². The first-order valence-corrected chi connectivity index (χ1v) is 4.85. The van der Waals surface area contributed by atoms with Gasteiger partial charge in [-0.1, -0.05) is 11.6 Å². The van der Waals surface area contributed by atoms with Gasteiger partial charge < -0.3 is 14.8 Å². The van der Waals surface area contributed by atoms with E-state index in [1.165, 1.54) is 7.11 Å². The maximum atomic E-state index is 10.6. The van der Waals surface area contributed by atoms with Crippen LogP contribution in [-0.4, -0.2) is 26.0 Å². The summed E-state index contributed by atoms with van der Waals surface area (Å²) in [6, 6.07) is 3.39. The van der Waals surface area contributed by atoms with E-state index in [2.05, 4.69) is 5.32 Å². The van der Waals surface area contributed by atoms with Crippen molar-refractivity contribution in [3.63, 3.8) is 0 Å². The molecule has 4 nitrogen and oxygen atoms in total. The van der Waals surface area contributed by atoms with Crippen LogP contribution in [0.2, 0.25) is 5.02 Å². The van der Waals surface area contributed by atoms with Gasteiger partial charge in [-0.15, -0.1) is 0 Å². The number of carbonyl (C=O) groups is 1. The maximum Gasteiger partial charge on any atom is 0.171 e. The molecule has 5 heteroatoms. The molecule has 80 valence electrons. The highest BCUT2D eigenvalue weighted by Gasteiger charge is 2.20. The number of carbonyl (C=O) groups excluding carboxylic acids is 1. The van der Waals surface area contributed by atoms with Crippen LogP contribution >= 0.6 is 11.6 Å². The number of nitrogens with one attached hydrogen (secondary N) is 1. The van der Waals surface area contributed by atoms with E-state index in [1.807, 2.05) is 0 Å². The van der Waals surface area contributed by atoms with Gasteiger partial charge in [0, 0.05) is 6.07 Å². The van der Waals surface area contributed by atoms with Crippen LogP contribution in [0, 0.1) is 0 Å². The highest BCUT2D eigenvalue weighted by Crippen LogP contribution is 2.37. The third-order valence-corrected chi connectivity index (χ3v) is 2.47. The van der Waals surface area contributed by atoms with Crippen molar-refractivity contribution in [3.8, 4) is 11.5 Å². The zero-order valence-corrected chi connectivity index (χ0v) is 8.88. The van der Waals surface area contributed by atoms with Crippen LogP contribution in [0.1, 0.15) is 0 Å². The first-order valence-electron chi connectivity index (χ1n) is 4.48. The molecule has 2 rings (SSSR count). The number of halogens is 1. The Hall–Kier alpha value is -1.42. The molecule has 1 aromatic rings. The zero-order chi connectivity index (χ0) is 10.8. The van der Waals surface area contributed by atoms with Gasteiger partial charge in [0.05, 0.1) is 24.4 Å². The molecule has 0 saturated carbocycles. The van der Waals surface area contributed by atoms with Gasteiger partial charge in [-0.25, -0.2) is 0 Å². The second-order valence-electron chi connectivity index (χ2n) is 3.16. The average Bonchev–Trinajstić information content (AvgIpc) is 2.27. The molecule has 1 aliphatic heterocycles. The summed E-state index contributed by atoms with van der Waals surface area (Å²) in [6.07, 6.45) is 0.306. The number of fused-ring (bicyclic) bond motifs is 1. The quantitative estimate of drug-likeness (QED) is 0.782. The van der Waals surface area contributed by atoms with Crippen molar-refractivity contribution in [3.05, 3.63) is 17.2 Å². The van der Waals surface area contributed by atoms with Crippen molar-refractivity contribution in [2.75, 3.05) is 19.0 Å². The largest absolute Gasteiger partial charge is 0.495 e. The molecule has 15 heavy (non-hydrogen) atoms. The Bertz CT molecular complexity index is 394. The van der Waals surface area contributed by atoms with Crippen molar-refractivity contribution in [1.82, 2.24) is 0 Å². The first kappa shape index (κ1) is 10.1. The third-order valence-electron chi connectivity index (χ3n) is 2.18. The number of rotatable bonds is 2. The van der Waals surface area contributed by atoms with Crippen LogP contribution in [0.3, 0.4) is 0 Å². The van der Waals surface area contributed by atoms with Gasteiger partial charge in [0.1, 0.15) is 11.5 Å². The van der Waals surface area contributed by atoms with Crippen molar-refractivity contribution in [2.24, 2.45) is 0 Å². The molecule has 1 N–H and O–H groups in total. The molecule has 0 aliphatic carbocycles. The SMILES string of the molecule is COc1cc2c(cc1Cl)NCC(C=O)O2. The molecule has 1 heterocycles. The van der Waals surface area contributed by atoms with Gasteiger partial charge in [0.2, 0.25) is 0 Å². The Morgan fingerprint density at radius 3 is 3.13 bits per heavy atom. The Morgan fingerprint density at radius 2 is 2.47 bits per heavy atom. The summed E-state index contributed by atoms with van der Waals surface area (Å²) in [7, 11) is 1.53. The smallest absolute Gasteiger partial charge is 0.171 e. The summed E-state index contributed by atoms with van der Waals surface area (Å²) in [5.41, 5.74) is 0.777. The van der Waals surface area contributed by atoms with Crippen molar-refractivity contribution in [1.29, 1.82) is 0 Å². The fraction of sp³-hybridized carbons (Fsp3) is 0.300. The number of methoxy groups -OCH3 is 1. The maximum absolute atomic E-state index is 10.6. The van der Waals surface area contributed by atoms with E-state index in [1.54, 1.807) is 12.1 Å².